The molecule has 2 rings (SSSR count). The molecule has 2 N–H and O–H groups in total. The fraction of sp³-hybridized carbons (Fsp3) is 0.0769. The number of amides is 1. The van der Waals surface area contributed by atoms with E-state index < -0.39 is 0 Å². The average molecular weight is 225 g/mol. The lowest BCUT2D eigenvalue weighted by Gasteiger charge is -1.96. The molecule has 0 aliphatic heterocycles. The first-order chi connectivity index (χ1) is 8.31. The molecule has 4 nitrogen and oxygen atoms in total. The molecule has 1 aromatic carbocycles. The van der Waals surface area contributed by atoms with Gasteiger partial charge in [0.15, 0.2) is 0 Å². The molecule has 4 heteroatoms. The molecule has 0 saturated heterocycles. The molecule has 84 valence electrons. The van der Waals surface area contributed by atoms with E-state index in [4.69, 9.17) is 6.42 Å². The number of hydrogen-bond acceptors (Lipinski definition) is 2. The van der Waals surface area contributed by atoms with Gasteiger partial charge in [-0.2, -0.15) is 5.10 Å². The summed E-state index contributed by atoms with van der Waals surface area (Å²) in [5.74, 6) is 2.09. The zero-order valence-corrected chi connectivity index (χ0v) is 9.10. The van der Waals surface area contributed by atoms with Crippen LogP contribution in [0.5, 0.6) is 0 Å². The summed E-state index contributed by atoms with van der Waals surface area (Å²) >= 11 is 0. The maximum Gasteiger partial charge on any atom is 0.270 e. The summed E-state index contributed by atoms with van der Waals surface area (Å²) in [6, 6.07) is 11.3. The van der Waals surface area contributed by atoms with Crippen molar-refractivity contribution in [3.63, 3.8) is 0 Å². The highest BCUT2D eigenvalue weighted by atomic mass is 16.1. The SMILES string of the molecule is C#CCNC(=O)c1cc(-c2ccccc2)n[nH]1. The summed E-state index contributed by atoms with van der Waals surface area (Å²) in [6.45, 7) is 0.207. The van der Waals surface area contributed by atoms with E-state index in [2.05, 4.69) is 21.4 Å². The number of aromatic amines is 1. The maximum atomic E-state index is 11.6. The van der Waals surface area contributed by atoms with Gasteiger partial charge >= 0.3 is 0 Å². The second kappa shape index (κ2) is 4.99. The van der Waals surface area contributed by atoms with Crippen molar-refractivity contribution in [1.29, 1.82) is 0 Å². The van der Waals surface area contributed by atoms with E-state index in [1.165, 1.54) is 0 Å². The number of carbonyl (C=O) groups excluding carboxylic acids is 1. The summed E-state index contributed by atoms with van der Waals surface area (Å²) < 4.78 is 0. The minimum absolute atomic E-state index is 0.207. The van der Waals surface area contributed by atoms with E-state index >= 15 is 0 Å². The Balaban J connectivity index is 2.17. The summed E-state index contributed by atoms with van der Waals surface area (Å²) in [6.07, 6.45) is 5.06. The number of H-pyrrole nitrogens is 1. The van der Waals surface area contributed by atoms with Crippen LogP contribution in [-0.4, -0.2) is 22.6 Å². The van der Waals surface area contributed by atoms with Crippen LogP contribution in [0.25, 0.3) is 11.3 Å². The first-order valence-electron chi connectivity index (χ1n) is 5.14. The number of terminal acetylenes is 1. The Morgan fingerprint density at radius 1 is 1.41 bits per heavy atom. The second-order valence-electron chi connectivity index (χ2n) is 3.42. The van der Waals surface area contributed by atoms with Gasteiger partial charge in [-0.25, -0.2) is 0 Å². The predicted octanol–water partition coefficient (Wildman–Crippen LogP) is 1.44. The van der Waals surface area contributed by atoms with Gasteiger partial charge in [-0.3, -0.25) is 9.89 Å². The van der Waals surface area contributed by atoms with Crippen molar-refractivity contribution < 1.29 is 4.79 Å². The fourth-order valence-electron chi connectivity index (χ4n) is 1.42. The number of nitrogens with one attached hydrogen (secondary N) is 2. The quantitative estimate of drug-likeness (QED) is 0.776. The van der Waals surface area contributed by atoms with Crippen molar-refractivity contribution in [3.8, 4) is 23.6 Å². The molecule has 17 heavy (non-hydrogen) atoms. The van der Waals surface area contributed by atoms with Crippen molar-refractivity contribution >= 4 is 5.91 Å². The van der Waals surface area contributed by atoms with Crippen LogP contribution in [-0.2, 0) is 0 Å². The molecule has 0 saturated carbocycles. The number of benzene rings is 1. The molecule has 0 aliphatic rings. The lowest BCUT2D eigenvalue weighted by atomic mass is 10.1. The maximum absolute atomic E-state index is 11.6. The van der Waals surface area contributed by atoms with Gasteiger partial charge in [-0.1, -0.05) is 36.3 Å². The Morgan fingerprint density at radius 3 is 2.88 bits per heavy atom. The largest absolute Gasteiger partial charge is 0.340 e. The molecule has 1 amide bonds. The fourth-order valence-corrected chi connectivity index (χ4v) is 1.42. The third kappa shape index (κ3) is 2.52. The second-order valence-corrected chi connectivity index (χ2v) is 3.42. The molecule has 0 spiro atoms. The van der Waals surface area contributed by atoms with Crippen molar-refractivity contribution in [2.24, 2.45) is 0 Å². The highest BCUT2D eigenvalue weighted by Crippen LogP contribution is 2.16. The summed E-state index contributed by atoms with van der Waals surface area (Å²) in [7, 11) is 0. The Kier molecular flexibility index (Phi) is 3.22. The van der Waals surface area contributed by atoms with Crippen LogP contribution in [0.2, 0.25) is 0 Å². The van der Waals surface area contributed by atoms with Gasteiger partial charge in [-0.15, -0.1) is 6.42 Å². The number of carbonyl (C=O) groups is 1. The molecule has 0 aliphatic carbocycles. The van der Waals surface area contributed by atoms with Crippen LogP contribution < -0.4 is 5.32 Å². The van der Waals surface area contributed by atoms with Crippen molar-refractivity contribution in [2.45, 2.75) is 0 Å². The van der Waals surface area contributed by atoms with Crippen LogP contribution in [0.4, 0.5) is 0 Å². The molecular weight excluding hydrogens is 214 g/mol. The number of hydrogen-bond donors (Lipinski definition) is 2. The molecule has 1 heterocycles. The molecule has 0 fully saturated rings. The van der Waals surface area contributed by atoms with Gasteiger partial charge in [0, 0.05) is 5.56 Å². The Morgan fingerprint density at radius 2 is 2.18 bits per heavy atom. The summed E-state index contributed by atoms with van der Waals surface area (Å²) in [5, 5.41) is 9.33. The highest BCUT2D eigenvalue weighted by molar-refractivity contribution is 5.93. The van der Waals surface area contributed by atoms with E-state index in [1.807, 2.05) is 30.3 Å². The van der Waals surface area contributed by atoms with E-state index in [0.29, 0.717) is 5.69 Å². The minimum Gasteiger partial charge on any atom is -0.340 e. The zero-order chi connectivity index (χ0) is 12.1. The molecule has 0 atom stereocenters. The molecule has 1 aromatic heterocycles. The van der Waals surface area contributed by atoms with Crippen LogP contribution in [0.15, 0.2) is 36.4 Å². The predicted molar refractivity (Wildman–Crippen MR) is 65.2 cm³/mol. The van der Waals surface area contributed by atoms with Crippen LogP contribution in [0.1, 0.15) is 10.5 Å². The Bertz CT molecular complexity index is 552. The number of nitrogens with zero attached hydrogens (tertiary/aromatic N) is 1. The normalized spacial score (nSPS) is 9.59. The van der Waals surface area contributed by atoms with Gasteiger partial charge in [0.2, 0.25) is 0 Å². The minimum atomic E-state index is -0.252. The van der Waals surface area contributed by atoms with E-state index in [9.17, 15) is 4.79 Å². The van der Waals surface area contributed by atoms with Crippen molar-refractivity contribution in [3.05, 3.63) is 42.1 Å². The van der Waals surface area contributed by atoms with Crippen LogP contribution >= 0.6 is 0 Å². The third-order valence-electron chi connectivity index (χ3n) is 2.24. The average Bonchev–Trinajstić information content (AvgIpc) is 2.86. The van der Waals surface area contributed by atoms with Gasteiger partial charge in [0.1, 0.15) is 5.69 Å². The Hall–Kier alpha value is -2.54. The van der Waals surface area contributed by atoms with E-state index in [1.54, 1.807) is 6.07 Å². The molecule has 0 unspecified atom stereocenters. The molecule has 0 radical (unpaired) electrons. The first kappa shape index (κ1) is 11.0. The first-order valence-corrected chi connectivity index (χ1v) is 5.14. The van der Waals surface area contributed by atoms with Crippen LogP contribution in [0.3, 0.4) is 0 Å². The van der Waals surface area contributed by atoms with Crippen LogP contribution in [0, 0.1) is 12.3 Å². The Labute approximate surface area is 99.1 Å². The zero-order valence-electron chi connectivity index (χ0n) is 9.10. The van der Waals surface area contributed by atoms with E-state index in [-0.39, 0.29) is 12.5 Å². The lowest BCUT2D eigenvalue weighted by Crippen LogP contribution is -2.23. The summed E-state index contributed by atoms with van der Waals surface area (Å²) in [4.78, 5) is 11.6. The van der Waals surface area contributed by atoms with Gasteiger partial charge in [-0.05, 0) is 6.07 Å². The number of aromatic nitrogens is 2. The molecule has 2 aromatic rings. The molecular formula is C13H11N3O. The smallest absolute Gasteiger partial charge is 0.270 e. The van der Waals surface area contributed by atoms with Gasteiger partial charge in [0.25, 0.3) is 5.91 Å². The number of rotatable bonds is 3. The van der Waals surface area contributed by atoms with Crippen molar-refractivity contribution in [1.82, 2.24) is 15.5 Å². The highest BCUT2D eigenvalue weighted by Gasteiger charge is 2.09. The molecule has 0 bridgehead atoms. The van der Waals surface area contributed by atoms with E-state index in [0.717, 1.165) is 11.3 Å². The summed E-state index contributed by atoms with van der Waals surface area (Å²) in [5.41, 5.74) is 2.09. The topological polar surface area (TPSA) is 57.8 Å². The lowest BCUT2D eigenvalue weighted by molar-refractivity contribution is 0.0953. The van der Waals surface area contributed by atoms with Crippen molar-refractivity contribution in [2.75, 3.05) is 6.54 Å². The van der Waals surface area contributed by atoms with Gasteiger partial charge in [0.05, 0.1) is 12.2 Å². The third-order valence-corrected chi connectivity index (χ3v) is 2.24. The monoisotopic (exact) mass is 225 g/mol. The van der Waals surface area contributed by atoms with Gasteiger partial charge < -0.3 is 5.32 Å². The standard InChI is InChI=1S/C13H11N3O/c1-2-8-14-13(17)12-9-11(15-16-12)10-6-4-3-5-7-10/h1,3-7,9H,8H2,(H,14,17)(H,15,16).